The topological polar surface area (TPSA) is 49.3 Å². The van der Waals surface area contributed by atoms with Crippen LogP contribution in [0.4, 0.5) is 0 Å². The molecule has 0 saturated heterocycles. The van der Waals surface area contributed by atoms with E-state index in [1.54, 1.807) is 24.3 Å². The van der Waals surface area contributed by atoms with E-state index in [4.69, 9.17) is 11.6 Å². The fourth-order valence-electron chi connectivity index (χ4n) is 1.17. The van der Waals surface area contributed by atoms with E-state index in [-0.39, 0.29) is 23.5 Å². The predicted molar refractivity (Wildman–Crippen MR) is 60.1 cm³/mol. The van der Waals surface area contributed by atoms with E-state index in [1.165, 1.54) is 0 Å². The second kappa shape index (κ2) is 5.61. The van der Waals surface area contributed by atoms with E-state index in [9.17, 15) is 9.90 Å². The number of carbonyl (C=O) groups excluding carboxylic acids is 1. The van der Waals surface area contributed by atoms with E-state index in [2.05, 4.69) is 5.32 Å². The number of hydrogen-bond donors (Lipinski definition) is 2. The Morgan fingerprint density at radius 1 is 1.60 bits per heavy atom. The van der Waals surface area contributed by atoms with Gasteiger partial charge in [-0.15, -0.1) is 11.6 Å². The lowest BCUT2D eigenvalue weighted by Crippen LogP contribution is -2.29. The molecule has 1 atom stereocenters. The third-order valence-electron chi connectivity index (χ3n) is 1.86. The molecule has 1 aromatic carbocycles. The van der Waals surface area contributed by atoms with Gasteiger partial charge in [-0.1, -0.05) is 12.1 Å². The van der Waals surface area contributed by atoms with Gasteiger partial charge in [-0.2, -0.15) is 0 Å². The molecule has 0 aliphatic heterocycles. The number of hydrogen-bond acceptors (Lipinski definition) is 2. The maximum absolute atomic E-state index is 11.4. The number of aromatic hydroxyl groups is 1. The van der Waals surface area contributed by atoms with Crippen LogP contribution in [0.2, 0.25) is 0 Å². The number of alkyl halides is 1. The Hall–Kier alpha value is -1.22. The van der Waals surface area contributed by atoms with Crippen LogP contribution in [0.25, 0.3) is 0 Å². The van der Waals surface area contributed by atoms with Crippen LogP contribution >= 0.6 is 11.6 Å². The van der Waals surface area contributed by atoms with Crippen molar-refractivity contribution < 1.29 is 9.90 Å². The van der Waals surface area contributed by atoms with E-state index in [0.29, 0.717) is 6.54 Å². The molecule has 0 spiro atoms. The van der Waals surface area contributed by atoms with Gasteiger partial charge in [0.05, 0.1) is 6.42 Å². The second-order valence-corrected chi connectivity index (χ2v) is 4.18. The van der Waals surface area contributed by atoms with Crippen molar-refractivity contribution in [2.75, 3.05) is 6.54 Å². The second-order valence-electron chi connectivity index (χ2n) is 3.43. The molecular weight excluding hydrogens is 214 g/mol. The minimum atomic E-state index is -0.0897. The SMILES string of the molecule is CC(Cl)CNC(=O)Cc1cccc(O)c1. The van der Waals surface area contributed by atoms with Crippen LogP contribution in [0.3, 0.4) is 0 Å². The zero-order valence-corrected chi connectivity index (χ0v) is 9.29. The molecule has 1 aromatic rings. The van der Waals surface area contributed by atoms with Crippen molar-refractivity contribution >= 4 is 17.5 Å². The van der Waals surface area contributed by atoms with Crippen LogP contribution in [0, 0.1) is 0 Å². The number of phenolic OH excluding ortho intramolecular Hbond substituents is 1. The predicted octanol–water partition coefficient (Wildman–Crippen LogP) is 1.68. The van der Waals surface area contributed by atoms with Gasteiger partial charge in [0.1, 0.15) is 5.75 Å². The van der Waals surface area contributed by atoms with Gasteiger partial charge < -0.3 is 10.4 Å². The van der Waals surface area contributed by atoms with Crippen LogP contribution in [-0.4, -0.2) is 22.9 Å². The third-order valence-corrected chi connectivity index (χ3v) is 2.01. The van der Waals surface area contributed by atoms with Gasteiger partial charge in [0, 0.05) is 11.9 Å². The highest BCUT2D eigenvalue weighted by molar-refractivity contribution is 6.20. The first-order valence-corrected chi connectivity index (χ1v) is 5.20. The van der Waals surface area contributed by atoms with Gasteiger partial charge in [-0.05, 0) is 24.6 Å². The quantitative estimate of drug-likeness (QED) is 0.769. The molecule has 0 bridgehead atoms. The van der Waals surface area contributed by atoms with Crippen molar-refractivity contribution in [3.8, 4) is 5.75 Å². The highest BCUT2D eigenvalue weighted by Gasteiger charge is 2.04. The van der Waals surface area contributed by atoms with Crippen LogP contribution in [0.1, 0.15) is 12.5 Å². The number of carbonyl (C=O) groups is 1. The van der Waals surface area contributed by atoms with Gasteiger partial charge >= 0.3 is 0 Å². The molecular formula is C11H14ClNO2. The van der Waals surface area contributed by atoms with E-state index < -0.39 is 0 Å². The van der Waals surface area contributed by atoms with Crippen LogP contribution in [0.15, 0.2) is 24.3 Å². The molecule has 2 N–H and O–H groups in total. The standard InChI is InChI=1S/C11H14ClNO2/c1-8(12)7-13-11(15)6-9-3-2-4-10(14)5-9/h2-5,8,14H,6-7H2,1H3,(H,13,15). The van der Waals surface area contributed by atoms with Crippen molar-refractivity contribution in [1.29, 1.82) is 0 Å². The van der Waals surface area contributed by atoms with Crippen molar-refractivity contribution in [1.82, 2.24) is 5.32 Å². The first-order chi connectivity index (χ1) is 7.08. The van der Waals surface area contributed by atoms with Gasteiger partial charge in [-0.3, -0.25) is 4.79 Å². The number of halogens is 1. The average Bonchev–Trinajstić information content (AvgIpc) is 2.15. The smallest absolute Gasteiger partial charge is 0.224 e. The summed E-state index contributed by atoms with van der Waals surface area (Å²) in [5.74, 6) is 0.0825. The Bertz CT molecular complexity index is 339. The first kappa shape index (κ1) is 11.9. The summed E-state index contributed by atoms with van der Waals surface area (Å²) >= 11 is 5.70. The zero-order valence-electron chi connectivity index (χ0n) is 8.53. The van der Waals surface area contributed by atoms with Crippen LogP contribution in [0.5, 0.6) is 5.75 Å². The summed E-state index contributed by atoms with van der Waals surface area (Å²) in [4.78, 5) is 11.4. The van der Waals surface area contributed by atoms with Crippen molar-refractivity contribution in [2.24, 2.45) is 0 Å². The summed E-state index contributed by atoms with van der Waals surface area (Å²) in [7, 11) is 0. The largest absolute Gasteiger partial charge is 0.508 e. The molecule has 0 saturated carbocycles. The molecule has 15 heavy (non-hydrogen) atoms. The maximum Gasteiger partial charge on any atom is 0.224 e. The average molecular weight is 228 g/mol. The highest BCUT2D eigenvalue weighted by atomic mass is 35.5. The molecule has 0 aliphatic carbocycles. The summed E-state index contributed by atoms with van der Waals surface area (Å²) in [5, 5.41) is 11.8. The molecule has 0 fully saturated rings. The Morgan fingerprint density at radius 2 is 2.33 bits per heavy atom. The number of benzene rings is 1. The van der Waals surface area contributed by atoms with E-state index >= 15 is 0 Å². The van der Waals surface area contributed by atoms with Crippen molar-refractivity contribution in [2.45, 2.75) is 18.7 Å². The number of phenols is 1. The van der Waals surface area contributed by atoms with Gasteiger partial charge in [0.2, 0.25) is 5.91 Å². The lowest BCUT2D eigenvalue weighted by atomic mass is 10.1. The number of nitrogens with one attached hydrogen (secondary N) is 1. The van der Waals surface area contributed by atoms with Crippen LogP contribution in [-0.2, 0) is 11.2 Å². The Balaban J connectivity index is 2.44. The van der Waals surface area contributed by atoms with E-state index in [1.807, 2.05) is 6.92 Å². The molecule has 0 aromatic heterocycles. The van der Waals surface area contributed by atoms with Crippen LogP contribution < -0.4 is 5.32 Å². The van der Waals surface area contributed by atoms with Crippen molar-refractivity contribution in [3.63, 3.8) is 0 Å². The highest BCUT2D eigenvalue weighted by Crippen LogP contribution is 2.11. The molecule has 1 unspecified atom stereocenters. The maximum atomic E-state index is 11.4. The van der Waals surface area contributed by atoms with E-state index in [0.717, 1.165) is 5.56 Å². The molecule has 1 amide bonds. The van der Waals surface area contributed by atoms with Gasteiger partial charge in [-0.25, -0.2) is 0 Å². The normalized spacial score (nSPS) is 12.1. The molecule has 4 heteroatoms. The molecule has 3 nitrogen and oxygen atoms in total. The lowest BCUT2D eigenvalue weighted by molar-refractivity contribution is -0.120. The molecule has 1 rings (SSSR count). The summed E-state index contributed by atoms with van der Waals surface area (Å²) in [6.45, 7) is 2.27. The molecule has 0 radical (unpaired) electrons. The van der Waals surface area contributed by atoms with Crippen molar-refractivity contribution in [3.05, 3.63) is 29.8 Å². The minimum Gasteiger partial charge on any atom is -0.508 e. The number of amides is 1. The Kier molecular flexibility index (Phi) is 4.43. The number of rotatable bonds is 4. The Labute approximate surface area is 94.1 Å². The van der Waals surface area contributed by atoms with Gasteiger partial charge in [0.15, 0.2) is 0 Å². The summed E-state index contributed by atoms with van der Waals surface area (Å²) < 4.78 is 0. The van der Waals surface area contributed by atoms with Gasteiger partial charge in [0.25, 0.3) is 0 Å². The zero-order chi connectivity index (χ0) is 11.3. The molecule has 0 aliphatic rings. The summed E-state index contributed by atoms with van der Waals surface area (Å²) in [6, 6.07) is 6.65. The summed E-state index contributed by atoms with van der Waals surface area (Å²) in [5.41, 5.74) is 0.787. The molecule has 82 valence electrons. The monoisotopic (exact) mass is 227 g/mol. The fourth-order valence-corrected chi connectivity index (χ4v) is 1.25. The first-order valence-electron chi connectivity index (χ1n) is 4.76. The molecule has 0 heterocycles. The third kappa shape index (κ3) is 4.70. The fraction of sp³-hybridized carbons (Fsp3) is 0.364. The summed E-state index contributed by atoms with van der Waals surface area (Å²) in [6.07, 6.45) is 0.262. The Morgan fingerprint density at radius 3 is 2.93 bits per heavy atom. The lowest BCUT2D eigenvalue weighted by Gasteiger charge is -2.06. The minimum absolute atomic E-state index is 0.0712.